The minimum atomic E-state index is -0.278. The number of benzene rings is 2. The quantitative estimate of drug-likeness (QED) is 0.674. The standard InChI is InChI=1S/C18H18ClIN2O2/c1-2-22(12-13-6-4-3-5-7-13)17(23)11-21-18(24)15-9-8-14(19)10-16(15)20/h3-10H,2,11-12H2,1H3,(H,21,24). The van der Waals surface area contributed by atoms with Crippen LogP contribution in [-0.4, -0.2) is 29.8 Å². The summed E-state index contributed by atoms with van der Waals surface area (Å²) in [6.45, 7) is 3.01. The molecule has 0 aliphatic heterocycles. The molecule has 2 aromatic carbocycles. The molecule has 0 saturated carbocycles. The second-order valence-electron chi connectivity index (χ2n) is 5.20. The van der Waals surface area contributed by atoms with Gasteiger partial charge in [-0.3, -0.25) is 9.59 Å². The summed E-state index contributed by atoms with van der Waals surface area (Å²) in [5.74, 6) is -0.390. The molecule has 0 saturated heterocycles. The maximum Gasteiger partial charge on any atom is 0.252 e. The van der Waals surface area contributed by atoms with Crippen molar-refractivity contribution in [2.45, 2.75) is 13.5 Å². The lowest BCUT2D eigenvalue weighted by atomic mass is 10.2. The Morgan fingerprint density at radius 2 is 1.88 bits per heavy atom. The van der Waals surface area contributed by atoms with Gasteiger partial charge in [0.15, 0.2) is 0 Å². The minimum Gasteiger partial charge on any atom is -0.343 e. The van der Waals surface area contributed by atoms with Gasteiger partial charge in [0.05, 0.1) is 12.1 Å². The zero-order chi connectivity index (χ0) is 17.5. The van der Waals surface area contributed by atoms with E-state index in [0.717, 1.165) is 9.13 Å². The lowest BCUT2D eigenvalue weighted by Crippen LogP contribution is -2.39. The topological polar surface area (TPSA) is 49.4 Å². The lowest BCUT2D eigenvalue weighted by Gasteiger charge is -2.21. The van der Waals surface area contributed by atoms with Crippen molar-refractivity contribution in [3.8, 4) is 0 Å². The number of hydrogen-bond donors (Lipinski definition) is 1. The van der Waals surface area contributed by atoms with Gasteiger partial charge in [0.2, 0.25) is 5.91 Å². The van der Waals surface area contributed by atoms with Gasteiger partial charge >= 0.3 is 0 Å². The molecule has 2 amide bonds. The Balaban J connectivity index is 1.94. The monoisotopic (exact) mass is 456 g/mol. The Hall–Kier alpha value is -1.60. The summed E-state index contributed by atoms with van der Waals surface area (Å²) < 4.78 is 0.752. The Morgan fingerprint density at radius 3 is 2.50 bits per heavy atom. The van der Waals surface area contributed by atoms with Crippen molar-refractivity contribution in [3.05, 3.63) is 68.3 Å². The van der Waals surface area contributed by atoms with Crippen molar-refractivity contribution in [1.82, 2.24) is 10.2 Å². The first-order chi connectivity index (χ1) is 11.5. The second kappa shape index (κ2) is 9.03. The van der Waals surface area contributed by atoms with E-state index < -0.39 is 0 Å². The van der Waals surface area contributed by atoms with E-state index in [0.29, 0.717) is 23.7 Å². The number of hydrogen-bond acceptors (Lipinski definition) is 2. The van der Waals surface area contributed by atoms with Crippen LogP contribution in [0.25, 0.3) is 0 Å². The summed E-state index contributed by atoms with van der Waals surface area (Å²) in [7, 11) is 0. The van der Waals surface area contributed by atoms with Crippen molar-refractivity contribution in [1.29, 1.82) is 0 Å². The van der Waals surface area contributed by atoms with E-state index in [2.05, 4.69) is 27.9 Å². The lowest BCUT2D eigenvalue weighted by molar-refractivity contribution is -0.130. The highest BCUT2D eigenvalue weighted by atomic mass is 127. The number of rotatable bonds is 6. The minimum absolute atomic E-state index is 0.0296. The van der Waals surface area contributed by atoms with Crippen LogP contribution in [0.3, 0.4) is 0 Å². The molecule has 0 aromatic heterocycles. The Morgan fingerprint density at radius 1 is 1.17 bits per heavy atom. The molecule has 0 aliphatic carbocycles. The molecule has 4 nitrogen and oxygen atoms in total. The van der Waals surface area contributed by atoms with Crippen LogP contribution in [0.1, 0.15) is 22.8 Å². The van der Waals surface area contributed by atoms with Crippen LogP contribution in [0.15, 0.2) is 48.5 Å². The van der Waals surface area contributed by atoms with Crippen molar-refractivity contribution in [3.63, 3.8) is 0 Å². The largest absolute Gasteiger partial charge is 0.343 e. The Kier molecular flexibility index (Phi) is 7.05. The van der Waals surface area contributed by atoms with Crippen molar-refractivity contribution < 1.29 is 9.59 Å². The van der Waals surface area contributed by atoms with Gasteiger partial charge in [0, 0.05) is 21.7 Å². The first kappa shape index (κ1) is 18.7. The molecule has 0 aliphatic rings. The van der Waals surface area contributed by atoms with E-state index in [1.54, 1.807) is 23.1 Å². The molecule has 0 heterocycles. The summed E-state index contributed by atoms with van der Waals surface area (Å²) in [5.41, 5.74) is 1.57. The van der Waals surface area contributed by atoms with Gasteiger partial charge in [-0.15, -0.1) is 0 Å². The van der Waals surface area contributed by atoms with E-state index in [1.165, 1.54) is 0 Å². The number of nitrogens with one attached hydrogen (secondary N) is 1. The first-order valence-electron chi connectivity index (χ1n) is 7.56. The van der Waals surface area contributed by atoms with Crippen LogP contribution < -0.4 is 5.32 Å². The Bertz CT molecular complexity index is 722. The normalized spacial score (nSPS) is 10.3. The molecule has 0 bridgehead atoms. The number of amides is 2. The highest BCUT2D eigenvalue weighted by Crippen LogP contribution is 2.17. The molecule has 0 unspecified atom stereocenters. The molecule has 0 atom stereocenters. The molecule has 6 heteroatoms. The molecule has 1 N–H and O–H groups in total. The first-order valence-corrected chi connectivity index (χ1v) is 9.02. The Labute approximate surface area is 160 Å². The van der Waals surface area contributed by atoms with Crippen LogP contribution in [0.2, 0.25) is 5.02 Å². The molecular weight excluding hydrogens is 439 g/mol. The van der Waals surface area contributed by atoms with Crippen molar-refractivity contribution >= 4 is 46.0 Å². The van der Waals surface area contributed by atoms with E-state index in [-0.39, 0.29) is 18.4 Å². The van der Waals surface area contributed by atoms with Crippen LogP contribution in [-0.2, 0) is 11.3 Å². The van der Waals surface area contributed by atoms with Gasteiger partial charge < -0.3 is 10.2 Å². The zero-order valence-corrected chi connectivity index (χ0v) is 16.2. The SMILES string of the molecule is CCN(Cc1ccccc1)C(=O)CNC(=O)c1ccc(Cl)cc1I. The van der Waals surface area contributed by atoms with Gasteiger partial charge in [-0.25, -0.2) is 0 Å². The fourth-order valence-corrected chi connectivity index (χ4v) is 3.33. The van der Waals surface area contributed by atoms with Crippen LogP contribution in [0, 0.1) is 3.57 Å². The second-order valence-corrected chi connectivity index (χ2v) is 6.80. The third kappa shape index (κ3) is 5.21. The maximum absolute atomic E-state index is 12.3. The zero-order valence-electron chi connectivity index (χ0n) is 13.3. The maximum atomic E-state index is 12.3. The third-order valence-electron chi connectivity index (χ3n) is 3.53. The number of likely N-dealkylation sites (N-methyl/N-ethyl adjacent to an activating group) is 1. The smallest absolute Gasteiger partial charge is 0.252 e. The number of carbonyl (C=O) groups is 2. The van der Waals surface area contributed by atoms with Gasteiger partial charge in [-0.1, -0.05) is 41.9 Å². The van der Waals surface area contributed by atoms with E-state index in [1.807, 2.05) is 37.3 Å². The molecule has 0 spiro atoms. The summed E-state index contributed by atoms with van der Waals surface area (Å²) in [4.78, 5) is 26.3. The van der Waals surface area contributed by atoms with Gasteiger partial charge in [0.25, 0.3) is 5.91 Å². The van der Waals surface area contributed by atoms with E-state index in [9.17, 15) is 9.59 Å². The molecular formula is C18H18ClIN2O2. The molecule has 0 radical (unpaired) electrons. The number of halogens is 2. The molecule has 126 valence electrons. The van der Waals surface area contributed by atoms with Crippen LogP contribution in [0.4, 0.5) is 0 Å². The van der Waals surface area contributed by atoms with Crippen LogP contribution >= 0.6 is 34.2 Å². The highest BCUT2D eigenvalue weighted by Gasteiger charge is 2.15. The summed E-state index contributed by atoms with van der Waals surface area (Å²) in [5, 5.41) is 3.26. The summed E-state index contributed by atoms with van der Waals surface area (Å²) >= 11 is 7.94. The van der Waals surface area contributed by atoms with E-state index >= 15 is 0 Å². The highest BCUT2D eigenvalue weighted by molar-refractivity contribution is 14.1. The van der Waals surface area contributed by atoms with Crippen molar-refractivity contribution in [2.24, 2.45) is 0 Å². The molecule has 2 rings (SSSR count). The molecule has 24 heavy (non-hydrogen) atoms. The van der Waals surface area contributed by atoms with Crippen LogP contribution in [0.5, 0.6) is 0 Å². The summed E-state index contributed by atoms with van der Waals surface area (Å²) in [6, 6.07) is 14.8. The van der Waals surface area contributed by atoms with Gasteiger partial charge in [0.1, 0.15) is 0 Å². The fraction of sp³-hybridized carbons (Fsp3) is 0.222. The molecule has 2 aromatic rings. The fourth-order valence-electron chi connectivity index (χ4n) is 2.22. The predicted molar refractivity (Wildman–Crippen MR) is 104 cm³/mol. The number of carbonyl (C=O) groups excluding carboxylic acids is 2. The predicted octanol–water partition coefficient (Wildman–Crippen LogP) is 3.72. The van der Waals surface area contributed by atoms with E-state index in [4.69, 9.17) is 11.6 Å². The average molecular weight is 457 g/mol. The molecule has 0 fully saturated rings. The average Bonchev–Trinajstić information content (AvgIpc) is 2.58. The van der Waals surface area contributed by atoms with Gasteiger partial charge in [-0.05, 0) is 53.3 Å². The van der Waals surface area contributed by atoms with Crippen molar-refractivity contribution in [2.75, 3.05) is 13.1 Å². The third-order valence-corrected chi connectivity index (χ3v) is 4.65. The summed E-state index contributed by atoms with van der Waals surface area (Å²) in [6.07, 6.45) is 0. The van der Waals surface area contributed by atoms with Gasteiger partial charge in [-0.2, -0.15) is 0 Å². The number of nitrogens with zero attached hydrogens (tertiary/aromatic N) is 1.